The van der Waals surface area contributed by atoms with Crippen LogP contribution in [0.1, 0.15) is 44.7 Å². The maximum atomic E-state index is 10.1. The van der Waals surface area contributed by atoms with Gasteiger partial charge in [-0.2, -0.15) is 5.26 Å². The van der Waals surface area contributed by atoms with Gasteiger partial charge in [-0.15, -0.1) is 11.3 Å². The van der Waals surface area contributed by atoms with Gasteiger partial charge < -0.3 is 14.4 Å². The number of rotatable bonds is 2. The first-order valence-electron chi connectivity index (χ1n) is 7.98. The average molecular weight is 344 g/mol. The minimum Gasteiger partial charge on any atom is -0.385 e. The van der Waals surface area contributed by atoms with Gasteiger partial charge in [0, 0.05) is 13.5 Å². The predicted molar refractivity (Wildman–Crippen MR) is 93.9 cm³/mol. The van der Waals surface area contributed by atoms with Gasteiger partial charge in [0.25, 0.3) is 0 Å². The molecule has 0 saturated carbocycles. The van der Waals surface area contributed by atoms with Gasteiger partial charge in [0.15, 0.2) is 0 Å². The van der Waals surface area contributed by atoms with E-state index in [0.29, 0.717) is 12.4 Å². The van der Waals surface area contributed by atoms with Crippen LogP contribution in [0.25, 0.3) is 21.3 Å². The molecule has 1 fully saturated rings. The largest absolute Gasteiger partial charge is 0.385 e. The summed E-state index contributed by atoms with van der Waals surface area (Å²) < 4.78 is 8.96. The van der Waals surface area contributed by atoms with Gasteiger partial charge >= 0.3 is 0 Å². The van der Waals surface area contributed by atoms with E-state index in [0.717, 1.165) is 40.7 Å². The quantitative estimate of drug-likeness (QED) is 0.768. The lowest BCUT2D eigenvalue weighted by Crippen LogP contribution is -2.23. The van der Waals surface area contributed by atoms with Crippen LogP contribution in [0.4, 0.5) is 0 Å². The number of aliphatic hydroxyl groups excluding tert-OH is 1. The lowest BCUT2D eigenvalue weighted by Gasteiger charge is -2.26. The van der Waals surface area contributed by atoms with Crippen molar-refractivity contribution in [2.24, 2.45) is 0 Å². The Morgan fingerprint density at radius 2 is 2.29 bits per heavy atom. The highest BCUT2D eigenvalue weighted by Gasteiger charge is 2.25. The molecule has 0 spiro atoms. The molecule has 1 aliphatic rings. The second-order valence-electron chi connectivity index (χ2n) is 5.74. The van der Waals surface area contributed by atoms with Crippen molar-refractivity contribution in [3.05, 3.63) is 23.5 Å². The number of pyridine rings is 1. The smallest absolute Gasteiger partial charge is 0.139 e. The van der Waals surface area contributed by atoms with Crippen LogP contribution in [-0.4, -0.2) is 32.9 Å². The van der Waals surface area contributed by atoms with E-state index < -0.39 is 6.10 Å². The van der Waals surface area contributed by atoms with E-state index in [-0.39, 0.29) is 6.04 Å². The molecule has 0 aliphatic carbocycles. The number of thiophene rings is 1. The number of hydrogen-bond acceptors (Lipinski definition) is 6. The van der Waals surface area contributed by atoms with Gasteiger partial charge in [-0.3, -0.25) is 4.98 Å². The van der Waals surface area contributed by atoms with E-state index in [4.69, 9.17) is 10.00 Å². The van der Waals surface area contributed by atoms with Crippen LogP contribution in [0.3, 0.4) is 0 Å². The Balaban J connectivity index is 0.000000526. The molecule has 2 unspecified atom stereocenters. The molecule has 0 radical (unpaired) electrons. The number of aromatic nitrogens is 3. The summed E-state index contributed by atoms with van der Waals surface area (Å²) in [4.78, 5) is 9.07. The van der Waals surface area contributed by atoms with Crippen LogP contribution in [0.2, 0.25) is 0 Å². The molecule has 24 heavy (non-hydrogen) atoms. The van der Waals surface area contributed by atoms with Crippen LogP contribution in [0.5, 0.6) is 0 Å². The molecular formula is C17H20N4O2S. The molecular weight excluding hydrogens is 324 g/mol. The molecule has 3 aromatic heterocycles. The standard InChI is InChI=1S/C15H17N3O2S.C2H3N/c1-9(19)15-17-12-7-16-11-4-6-21-14(11)13(12)18(15)10-3-2-5-20-8-10;1-2-3/h4,6-7,9-10,19H,2-3,5,8H2,1H3;1H3. The van der Waals surface area contributed by atoms with E-state index in [1.807, 2.05) is 11.4 Å². The molecule has 3 aromatic rings. The van der Waals surface area contributed by atoms with Gasteiger partial charge in [0.2, 0.25) is 0 Å². The molecule has 0 bridgehead atoms. The highest BCUT2D eigenvalue weighted by Crippen LogP contribution is 2.34. The maximum absolute atomic E-state index is 10.1. The SMILES string of the molecule is CC#N.CC(O)c1nc2cnc3ccsc3c2n1C1CCCOC1. The van der Waals surface area contributed by atoms with Gasteiger partial charge in [0.05, 0.1) is 40.6 Å². The predicted octanol–water partition coefficient (Wildman–Crippen LogP) is 3.58. The first-order chi connectivity index (χ1) is 11.7. The topological polar surface area (TPSA) is 84.0 Å². The Labute approximate surface area is 144 Å². The van der Waals surface area contributed by atoms with Crippen LogP contribution >= 0.6 is 11.3 Å². The van der Waals surface area contributed by atoms with E-state index in [9.17, 15) is 5.11 Å². The molecule has 2 atom stereocenters. The number of imidazole rings is 1. The summed E-state index contributed by atoms with van der Waals surface area (Å²) in [5.74, 6) is 0.711. The summed E-state index contributed by atoms with van der Waals surface area (Å²) in [6.45, 7) is 4.70. The average Bonchev–Trinajstić information content (AvgIpc) is 3.20. The number of hydrogen-bond donors (Lipinski definition) is 1. The van der Waals surface area contributed by atoms with Gasteiger partial charge in [-0.05, 0) is 31.2 Å². The summed E-state index contributed by atoms with van der Waals surface area (Å²) in [5.41, 5.74) is 2.93. The minimum absolute atomic E-state index is 0.237. The molecule has 1 saturated heterocycles. The third-order valence-electron chi connectivity index (χ3n) is 4.03. The number of nitrogens with zero attached hydrogens (tertiary/aromatic N) is 4. The molecule has 4 rings (SSSR count). The van der Waals surface area contributed by atoms with Crippen LogP contribution in [-0.2, 0) is 4.74 Å². The van der Waals surface area contributed by atoms with E-state index in [1.165, 1.54) is 6.92 Å². The first kappa shape index (κ1) is 16.8. The lowest BCUT2D eigenvalue weighted by molar-refractivity contribution is 0.0565. The van der Waals surface area contributed by atoms with Gasteiger partial charge in [-0.25, -0.2) is 4.98 Å². The van der Waals surface area contributed by atoms with Crippen molar-refractivity contribution in [3.63, 3.8) is 0 Å². The van der Waals surface area contributed by atoms with Crippen molar-refractivity contribution in [3.8, 4) is 6.07 Å². The van der Waals surface area contributed by atoms with Crippen molar-refractivity contribution in [1.82, 2.24) is 14.5 Å². The summed E-state index contributed by atoms with van der Waals surface area (Å²) in [6.07, 6.45) is 3.30. The zero-order valence-electron chi connectivity index (χ0n) is 13.8. The van der Waals surface area contributed by atoms with E-state index in [1.54, 1.807) is 30.5 Å². The molecule has 6 nitrogen and oxygen atoms in total. The van der Waals surface area contributed by atoms with Gasteiger partial charge in [0.1, 0.15) is 17.4 Å². The second kappa shape index (κ2) is 7.26. The molecule has 4 heterocycles. The Bertz CT molecular complexity index is 872. The van der Waals surface area contributed by atoms with Crippen molar-refractivity contribution in [2.45, 2.75) is 38.8 Å². The highest BCUT2D eigenvalue weighted by molar-refractivity contribution is 7.18. The van der Waals surface area contributed by atoms with Crippen LogP contribution in [0.15, 0.2) is 17.6 Å². The molecule has 0 aromatic carbocycles. The number of ether oxygens (including phenoxy) is 1. The summed E-state index contributed by atoms with van der Waals surface area (Å²) in [5, 5.41) is 19.5. The third-order valence-corrected chi connectivity index (χ3v) is 4.94. The fraction of sp³-hybridized carbons (Fsp3) is 0.471. The Morgan fingerprint density at radius 1 is 1.50 bits per heavy atom. The number of aliphatic hydroxyl groups is 1. The molecule has 0 amide bonds. The van der Waals surface area contributed by atoms with Crippen molar-refractivity contribution in [1.29, 1.82) is 5.26 Å². The van der Waals surface area contributed by atoms with Gasteiger partial charge in [-0.1, -0.05) is 0 Å². The molecule has 126 valence electrons. The molecule has 1 aliphatic heterocycles. The zero-order chi connectivity index (χ0) is 17.1. The normalized spacial score (nSPS) is 18.8. The molecule has 1 N–H and O–H groups in total. The maximum Gasteiger partial charge on any atom is 0.139 e. The summed E-state index contributed by atoms with van der Waals surface area (Å²) in [6, 6.07) is 4.01. The lowest BCUT2D eigenvalue weighted by atomic mass is 10.1. The minimum atomic E-state index is -0.602. The molecule has 7 heteroatoms. The second-order valence-corrected chi connectivity index (χ2v) is 6.65. The third kappa shape index (κ3) is 3.00. The van der Waals surface area contributed by atoms with E-state index in [2.05, 4.69) is 14.5 Å². The zero-order valence-corrected chi connectivity index (χ0v) is 14.6. The first-order valence-corrected chi connectivity index (χ1v) is 8.86. The monoisotopic (exact) mass is 344 g/mol. The van der Waals surface area contributed by atoms with E-state index >= 15 is 0 Å². The van der Waals surface area contributed by atoms with Crippen molar-refractivity contribution in [2.75, 3.05) is 13.2 Å². The fourth-order valence-corrected chi connectivity index (χ4v) is 3.98. The Morgan fingerprint density at radius 3 is 2.96 bits per heavy atom. The highest BCUT2D eigenvalue weighted by atomic mass is 32.1. The Hall–Kier alpha value is -2.01. The summed E-state index contributed by atoms with van der Waals surface area (Å²) in [7, 11) is 0. The van der Waals surface area contributed by atoms with Crippen LogP contribution < -0.4 is 0 Å². The van der Waals surface area contributed by atoms with Crippen molar-refractivity contribution < 1.29 is 9.84 Å². The summed E-state index contributed by atoms with van der Waals surface area (Å²) >= 11 is 1.67. The fourth-order valence-electron chi connectivity index (χ4n) is 3.09. The Kier molecular flexibility index (Phi) is 5.09. The van der Waals surface area contributed by atoms with Crippen LogP contribution in [0, 0.1) is 11.3 Å². The van der Waals surface area contributed by atoms with Crippen molar-refractivity contribution >= 4 is 32.6 Å². The number of fused-ring (bicyclic) bond motifs is 3. The number of nitriles is 1.